The quantitative estimate of drug-likeness (QED) is 0.0364. The number of aromatic nitrogens is 5. The number of hydrogen-bond donors (Lipinski definition) is 0. The van der Waals surface area contributed by atoms with Crippen LogP contribution in [0.15, 0.2) is 140 Å². The summed E-state index contributed by atoms with van der Waals surface area (Å²) in [4.78, 5) is 76.1. The largest absolute Gasteiger partial charge is 0.343 e. The molecule has 144 heavy (non-hydrogen) atoms. The minimum Gasteiger partial charge on any atom is -0.343 e. The van der Waals surface area contributed by atoms with Gasteiger partial charge in [0.05, 0.1) is 99.4 Å². The first-order valence-electron chi connectivity index (χ1n) is 50.9. The van der Waals surface area contributed by atoms with E-state index in [-0.39, 0.29) is 110 Å². The number of piperidine rings is 1. The molecule has 0 bridgehead atoms. The zero-order valence-electron chi connectivity index (χ0n) is 84.6. The molecule has 6 aromatic carbocycles. The van der Waals surface area contributed by atoms with Gasteiger partial charge in [0.1, 0.15) is 11.6 Å². The Bertz CT molecular complexity index is 7040. The normalized spacial score (nSPS) is 18.2. The van der Waals surface area contributed by atoms with E-state index in [4.69, 9.17) is 20.9 Å². The van der Waals surface area contributed by atoms with Gasteiger partial charge in [-0.2, -0.15) is 42.1 Å². The highest BCUT2D eigenvalue weighted by Gasteiger charge is 2.41. The molecule has 5 amide bonds. The number of amides is 5. The Balaban J connectivity index is 0.000000143. The Morgan fingerprint density at radius 3 is 0.979 bits per heavy atom. The Morgan fingerprint density at radius 1 is 0.326 bits per heavy atom. The van der Waals surface area contributed by atoms with Gasteiger partial charge in [-0.1, -0.05) is 104 Å². The summed E-state index contributed by atoms with van der Waals surface area (Å²) in [5, 5.41) is 4.52. The second-order valence-corrected chi connectivity index (χ2v) is 46.8. The van der Waals surface area contributed by atoms with Crippen molar-refractivity contribution in [2.75, 3.05) is 124 Å². The topological polar surface area (TPSA) is 343 Å². The van der Waals surface area contributed by atoms with Crippen molar-refractivity contribution in [3.8, 4) is 0 Å². The number of likely N-dealkylation sites (N-methyl/N-ethyl adjacent to an activating group) is 3. The van der Waals surface area contributed by atoms with Crippen molar-refractivity contribution < 1.29 is 95.8 Å². The SMILES string of the molecule is CCN(CC)C(=O)C1CCCc2c1c1c(F)cccc1n2CCOS(C)(=O)=O.CCN(CC)C(=O)C1CCCc2c1c1cc(F)ccc1n2CCOS(C)(=O)=O.CN(Cc1ccccc1)C(=O)C1CCCc2c1c1ccccc1n2CCOS(C)(=O)=O.CS(=O)(=O)OCCn1c2c(c3ccccc31)C(C(=O)N1CCCCC1)CCC2.CS(=O)(=O)OCCn1c2c(c3ccccc31)C(C(=O)N1CCCCCC1)CCC2. The number of hydrogen-bond acceptors (Lipinski definition) is 20. The van der Waals surface area contributed by atoms with Crippen LogP contribution in [0.25, 0.3) is 54.5 Å². The second-order valence-electron chi connectivity index (χ2n) is 38.6. The van der Waals surface area contributed by atoms with E-state index in [1.165, 1.54) is 48.8 Å². The molecule has 11 aromatic rings. The third-order valence-electron chi connectivity index (χ3n) is 28.9. The lowest BCUT2D eigenvalue weighted by Gasteiger charge is -2.32. The van der Waals surface area contributed by atoms with Gasteiger partial charge in [0.2, 0.25) is 29.5 Å². The molecule has 37 heteroatoms. The Hall–Kier alpha value is -10.2. The fourth-order valence-electron chi connectivity index (χ4n) is 22.8. The fourth-order valence-corrected chi connectivity index (χ4v) is 24.7. The molecule has 2 aliphatic heterocycles. The van der Waals surface area contributed by atoms with Gasteiger partial charge in [-0.25, -0.2) is 8.78 Å². The average molecular weight is 2080 g/mol. The maximum absolute atomic E-state index is 14.8. The van der Waals surface area contributed by atoms with Crippen LogP contribution in [-0.2, 0) is 167 Å². The Labute approximate surface area is 846 Å². The highest BCUT2D eigenvalue weighted by molar-refractivity contribution is 7.86. The number of rotatable bonds is 31. The van der Waals surface area contributed by atoms with Crippen LogP contribution in [0.4, 0.5) is 8.78 Å². The van der Waals surface area contributed by atoms with Crippen LogP contribution in [0.5, 0.6) is 0 Å². The molecule has 5 unspecified atom stereocenters. The molecular formula is C107H140F2N10O20S5. The van der Waals surface area contributed by atoms with E-state index in [1.807, 2.05) is 137 Å². The number of halogens is 2. The molecule has 5 aromatic heterocycles. The summed E-state index contributed by atoms with van der Waals surface area (Å²) in [5.74, 6) is -1.01. The smallest absolute Gasteiger partial charge is 0.264 e. The lowest BCUT2D eigenvalue weighted by molar-refractivity contribution is -0.134. The van der Waals surface area contributed by atoms with Crippen molar-refractivity contribution >= 4 is 135 Å². The predicted molar refractivity (Wildman–Crippen MR) is 556 cm³/mol. The average Bonchev–Trinajstić information content (AvgIpc) is 1.61. The third-order valence-corrected chi connectivity index (χ3v) is 31.9. The summed E-state index contributed by atoms with van der Waals surface area (Å²) in [6.45, 7) is 16.6. The summed E-state index contributed by atoms with van der Waals surface area (Å²) in [5.41, 5.74) is 16.1. The molecule has 0 N–H and O–H groups in total. The molecule has 5 aliphatic carbocycles. The lowest BCUT2D eigenvalue weighted by Crippen LogP contribution is -2.39. The zero-order chi connectivity index (χ0) is 103. The molecular weight excluding hydrogens is 1940 g/mol. The van der Waals surface area contributed by atoms with Crippen LogP contribution < -0.4 is 0 Å². The van der Waals surface area contributed by atoms with E-state index in [9.17, 15) is 74.8 Å². The number of para-hydroxylation sites is 3. The first-order chi connectivity index (χ1) is 68.8. The first-order valence-corrected chi connectivity index (χ1v) is 59.9. The van der Waals surface area contributed by atoms with E-state index >= 15 is 0 Å². The molecule has 7 aliphatic rings. The fraction of sp³-hybridized carbons (Fsp3) is 0.523. The van der Waals surface area contributed by atoms with E-state index in [2.05, 4.69) is 48.9 Å². The van der Waals surface area contributed by atoms with Crippen LogP contribution in [0, 0.1) is 11.6 Å². The van der Waals surface area contributed by atoms with E-state index in [0.717, 1.165) is 267 Å². The van der Waals surface area contributed by atoms with Crippen molar-refractivity contribution in [2.45, 2.75) is 238 Å². The highest BCUT2D eigenvalue weighted by atomic mass is 32.2. The molecule has 7 heterocycles. The van der Waals surface area contributed by atoms with Crippen LogP contribution in [0.3, 0.4) is 0 Å². The summed E-state index contributed by atoms with van der Waals surface area (Å²) in [6.07, 6.45) is 26.0. The number of fused-ring (bicyclic) bond motifs is 15. The summed E-state index contributed by atoms with van der Waals surface area (Å²) in [7, 11) is -15.6. The third kappa shape index (κ3) is 26.5. The molecule has 0 spiro atoms. The highest BCUT2D eigenvalue weighted by Crippen LogP contribution is 2.47. The standard InChI is InChI=1S/C24H28N2O4S.C22H30N2O4S.C21H28N2O4S.2C20H27FN2O4S/c1-25(17-18-9-4-3-5-10-18)24(27)20-12-8-14-22-23(20)19-11-6-7-13-21(19)26(22)15-16-30-31(2,28)29;1-29(26,27)28-16-15-24-19-11-5-4-9-17(19)21-18(10-8-12-20(21)24)22(25)23-13-6-2-3-7-14-23;1-28(25,26)27-15-14-23-18-10-4-3-8-16(18)20-17(9-7-11-19(20)23)21(24)22-12-5-2-6-13-22;1-4-22(5-2)20(24)14-8-6-10-16-18(14)19-15(21)9-7-11-17(19)23(16)12-13-27-28(3,25)26;1-4-22(5-2)20(24)15-7-6-8-18-19(15)16-13-14(21)9-10-17(16)23(18)11-12-27-28(3,25)26/h3-7,9-11,13,20H,8,12,14-17H2,1-2H3;4-5,9,11,18H,2-3,6-8,10,12-16H2,1H3;3-4,8,10,17H,2,5-7,9,11-15H2,1H3;7,9,11,14H,4-6,8,10,12-13H2,1-3H3;9-10,13,15H,4-8,11-12H2,1-3H3. The van der Waals surface area contributed by atoms with Gasteiger partial charge in [0, 0.05) is 176 Å². The summed E-state index contributed by atoms with van der Waals surface area (Å²) in [6, 6.07) is 43.8. The molecule has 0 saturated carbocycles. The van der Waals surface area contributed by atoms with Crippen LogP contribution in [0.1, 0.15) is 228 Å². The summed E-state index contributed by atoms with van der Waals surface area (Å²) < 4.78 is 177. The Kier molecular flexibility index (Phi) is 37.0. The number of benzene rings is 6. The molecule has 2 saturated heterocycles. The van der Waals surface area contributed by atoms with Crippen LogP contribution >= 0.6 is 0 Å². The molecule has 0 radical (unpaired) electrons. The number of carbonyl (C=O) groups excluding carboxylic acids is 5. The predicted octanol–water partition coefficient (Wildman–Crippen LogP) is 16.3. The number of carbonyl (C=O) groups is 5. The second kappa shape index (κ2) is 48.6. The molecule has 782 valence electrons. The minimum absolute atomic E-state index is 0.00108. The van der Waals surface area contributed by atoms with Crippen LogP contribution in [0.2, 0.25) is 0 Å². The van der Waals surface area contributed by atoms with Crippen molar-refractivity contribution in [1.29, 1.82) is 0 Å². The van der Waals surface area contributed by atoms with E-state index < -0.39 is 50.6 Å². The first kappa shape index (κ1) is 109. The van der Waals surface area contributed by atoms with Gasteiger partial charge in [-0.05, 0) is 238 Å². The van der Waals surface area contributed by atoms with E-state index in [1.54, 1.807) is 17.0 Å². The lowest BCUT2D eigenvalue weighted by atomic mass is 9.83. The number of nitrogens with zero attached hydrogens (tertiary/aromatic N) is 10. The molecule has 18 rings (SSSR count). The van der Waals surface area contributed by atoms with Crippen molar-refractivity contribution in [2.24, 2.45) is 0 Å². The minimum atomic E-state index is -3.55. The summed E-state index contributed by atoms with van der Waals surface area (Å²) >= 11 is 0. The monoisotopic (exact) mass is 2080 g/mol. The van der Waals surface area contributed by atoms with Crippen LogP contribution in [-0.4, -0.2) is 243 Å². The molecule has 2 fully saturated rings. The van der Waals surface area contributed by atoms with Crippen molar-refractivity contribution in [3.63, 3.8) is 0 Å². The van der Waals surface area contributed by atoms with Gasteiger partial charge in [0.15, 0.2) is 0 Å². The van der Waals surface area contributed by atoms with E-state index in [0.29, 0.717) is 76.2 Å². The van der Waals surface area contributed by atoms with Gasteiger partial charge >= 0.3 is 0 Å². The maximum Gasteiger partial charge on any atom is 0.264 e. The Morgan fingerprint density at radius 2 is 0.618 bits per heavy atom. The van der Waals surface area contributed by atoms with Gasteiger partial charge < -0.3 is 47.3 Å². The van der Waals surface area contributed by atoms with Gasteiger partial charge in [-0.15, -0.1) is 0 Å². The number of likely N-dealkylation sites (tertiary alicyclic amines) is 2. The van der Waals surface area contributed by atoms with Gasteiger partial charge in [0.25, 0.3) is 50.6 Å². The van der Waals surface area contributed by atoms with Crippen molar-refractivity contribution in [1.82, 2.24) is 47.3 Å². The van der Waals surface area contributed by atoms with Gasteiger partial charge in [-0.3, -0.25) is 44.9 Å². The zero-order valence-corrected chi connectivity index (χ0v) is 88.7. The maximum atomic E-state index is 14.8. The molecule has 30 nitrogen and oxygen atoms in total. The van der Waals surface area contributed by atoms with Crippen molar-refractivity contribution in [3.05, 3.63) is 213 Å². The molecule has 5 atom stereocenters.